The molecule has 1 aliphatic rings. The number of fused-ring (bicyclic) bond motifs is 3. The van der Waals surface area contributed by atoms with E-state index in [1.165, 1.54) is 20.5 Å². The Morgan fingerprint density at radius 3 is 2.81 bits per heavy atom. The van der Waals surface area contributed by atoms with E-state index in [-0.39, 0.29) is 0 Å². The van der Waals surface area contributed by atoms with E-state index in [1.807, 2.05) is 17.4 Å². The van der Waals surface area contributed by atoms with Gasteiger partial charge < -0.3 is 9.47 Å². The lowest BCUT2D eigenvalue weighted by molar-refractivity contribution is 0.175. The topological polar surface area (TPSA) is 18.5 Å². The fraction of sp³-hybridized carbons (Fsp3) is 0.385. The van der Waals surface area contributed by atoms with Gasteiger partial charge in [0.05, 0.1) is 4.70 Å². The number of hydrogen-bond acceptors (Lipinski definition) is 3. The summed E-state index contributed by atoms with van der Waals surface area (Å²) in [6, 6.07) is 4.19. The largest absolute Gasteiger partial charge is 0.454 e. The summed E-state index contributed by atoms with van der Waals surface area (Å²) in [6.45, 7) is 4.78. The highest BCUT2D eigenvalue weighted by atomic mass is 32.1. The molecule has 0 fully saturated rings. The van der Waals surface area contributed by atoms with Gasteiger partial charge >= 0.3 is 0 Å². The number of benzene rings is 1. The number of thiophene rings is 1. The van der Waals surface area contributed by atoms with Crippen molar-refractivity contribution >= 4 is 21.4 Å². The van der Waals surface area contributed by atoms with Crippen LogP contribution in [0.4, 0.5) is 0 Å². The Morgan fingerprint density at radius 1 is 1.19 bits per heavy atom. The molecule has 1 aromatic heterocycles. The SMILES string of the molecule is CCc1sc2c3c(ccc2c1CC)OCO3. The Morgan fingerprint density at radius 2 is 2.06 bits per heavy atom. The molecule has 0 atom stereocenters. The molecule has 2 nitrogen and oxygen atoms in total. The maximum absolute atomic E-state index is 5.56. The van der Waals surface area contributed by atoms with E-state index in [9.17, 15) is 0 Å². The summed E-state index contributed by atoms with van der Waals surface area (Å²) in [5.41, 5.74) is 1.47. The molecule has 2 heterocycles. The van der Waals surface area contributed by atoms with E-state index < -0.39 is 0 Å². The van der Waals surface area contributed by atoms with Crippen LogP contribution in [-0.2, 0) is 12.8 Å². The van der Waals surface area contributed by atoms with Crippen LogP contribution in [0.5, 0.6) is 11.5 Å². The average Bonchev–Trinajstić information content (AvgIpc) is 2.91. The molecule has 3 rings (SSSR count). The molecule has 16 heavy (non-hydrogen) atoms. The number of ether oxygens (including phenoxy) is 2. The molecule has 0 amide bonds. The van der Waals surface area contributed by atoms with Crippen molar-refractivity contribution in [3.05, 3.63) is 22.6 Å². The van der Waals surface area contributed by atoms with Crippen molar-refractivity contribution in [2.24, 2.45) is 0 Å². The molecule has 0 N–H and O–H groups in total. The lowest BCUT2D eigenvalue weighted by Crippen LogP contribution is -1.92. The Balaban J connectivity index is 2.33. The van der Waals surface area contributed by atoms with E-state index >= 15 is 0 Å². The second-order valence-electron chi connectivity index (χ2n) is 3.89. The van der Waals surface area contributed by atoms with Gasteiger partial charge in [0.15, 0.2) is 11.5 Å². The summed E-state index contributed by atoms with van der Waals surface area (Å²) in [5, 5.41) is 1.34. The minimum Gasteiger partial charge on any atom is -0.454 e. The van der Waals surface area contributed by atoms with Gasteiger partial charge in [0, 0.05) is 4.88 Å². The van der Waals surface area contributed by atoms with Crippen molar-refractivity contribution in [2.45, 2.75) is 26.7 Å². The van der Waals surface area contributed by atoms with Crippen LogP contribution in [0.3, 0.4) is 0 Å². The standard InChI is InChI=1S/C13H14O2S/c1-3-8-9-5-6-10-12(15-7-14-10)13(9)16-11(8)4-2/h5-6H,3-4,7H2,1-2H3. The summed E-state index contributed by atoms with van der Waals surface area (Å²) in [7, 11) is 0. The summed E-state index contributed by atoms with van der Waals surface area (Å²) < 4.78 is 12.2. The van der Waals surface area contributed by atoms with E-state index in [0.29, 0.717) is 6.79 Å². The molecular formula is C13H14O2S. The zero-order valence-corrected chi connectivity index (χ0v) is 10.3. The van der Waals surface area contributed by atoms with Crippen molar-refractivity contribution in [3.63, 3.8) is 0 Å². The second kappa shape index (κ2) is 3.67. The van der Waals surface area contributed by atoms with E-state index in [0.717, 1.165) is 24.3 Å². The van der Waals surface area contributed by atoms with Gasteiger partial charge in [-0.2, -0.15) is 0 Å². The van der Waals surface area contributed by atoms with Gasteiger partial charge in [-0.25, -0.2) is 0 Å². The van der Waals surface area contributed by atoms with E-state index in [4.69, 9.17) is 9.47 Å². The first kappa shape index (κ1) is 9.97. The summed E-state index contributed by atoms with van der Waals surface area (Å²) in [6.07, 6.45) is 2.18. The lowest BCUT2D eigenvalue weighted by Gasteiger charge is -1.99. The van der Waals surface area contributed by atoms with Crippen LogP contribution in [0.15, 0.2) is 12.1 Å². The Labute approximate surface area is 98.8 Å². The Bertz CT molecular complexity index is 542. The molecular weight excluding hydrogens is 220 g/mol. The summed E-state index contributed by atoms with van der Waals surface area (Å²) in [5.74, 6) is 1.83. The van der Waals surface area contributed by atoms with Crippen LogP contribution >= 0.6 is 11.3 Å². The highest BCUT2D eigenvalue weighted by Gasteiger charge is 2.20. The second-order valence-corrected chi connectivity index (χ2v) is 4.99. The molecule has 0 aliphatic carbocycles. The third-order valence-electron chi connectivity index (χ3n) is 3.06. The Kier molecular flexibility index (Phi) is 2.28. The van der Waals surface area contributed by atoms with Crippen LogP contribution < -0.4 is 9.47 Å². The first-order valence-corrected chi connectivity index (χ1v) is 6.49. The molecule has 1 aliphatic heterocycles. The molecule has 0 unspecified atom stereocenters. The number of hydrogen-bond donors (Lipinski definition) is 0. The monoisotopic (exact) mass is 234 g/mol. The molecule has 0 spiro atoms. The third-order valence-corrected chi connectivity index (χ3v) is 4.45. The van der Waals surface area contributed by atoms with Gasteiger partial charge in [-0.3, -0.25) is 0 Å². The molecule has 0 saturated carbocycles. The first-order chi connectivity index (χ1) is 7.85. The fourth-order valence-electron chi connectivity index (χ4n) is 2.29. The van der Waals surface area contributed by atoms with Gasteiger partial charge in [-0.1, -0.05) is 13.8 Å². The molecule has 84 valence electrons. The van der Waals surface area contributed by atoms with Crippen LogP contribution in [-0.4, -0.2) is 6.79 Å². The predicted molar refractivity (Wildman–Crippen MR) is 66.7 cm³/mol. The minimum atomic E-state index is 0.356. The van der Waals surface area contributed by atoms with E-state index in [1.54, 1.807) is 0 Å². The molecule has 3 heteroatoms. The molecule has 0 radical (unpaired) electrons. The average molecular weight is 234 g/mol. The van der Waals surface area contributed by atoms with Gasteiger partial charge in [-0.05, 0) is 35.9 Å². The van der Waals surface area contributed by atoms with Crippen LogP contribution in [0.1, 0.15) is 24.3 Å². The van der Waals surface area contributed by atoms with Gasteiger partial charge in [0.2, 0.25) is 6.79 Å². The van der Waals surface area contributed by atoms with Crippen molar-refractivity contribution in [1.29, 1.82) is 0 Å². The van der Waals surface area contributed by atoms with E-state index in [2.05, 4.69) is 19.9 Å². The number of rotatable bonds is 2. The zero-order chi connectivity index (χ0) is 11.1. The summed E-state index contributed by atoms with van der Waals surface area (Å²) in [4.78, 5) is 1.47. The van der Waals surface area contributed by atoms with Gasteiger partial charge in [0.25, 0.3) is 0 Å². The number of aryl methyl sites for hydroxylation is 2. The van der Waals surface area contributed by atoms with Crippen molar-refractivity contribution in [1.82, 2.24) is 0 Å². The molecule has 2 aromatic rings. The summed E-state index contributed by atoms with van der Waals surface area (Å²) >= 11 is 1.85. The van der Waals surface area contributed by atoms with Crippen molar-refractivity contribution < 1.29 is 9.47 Å². The van der Waals surface area contributed by atoms with Crippen molar-refractivity contribution in [2.75, 3.05) is 6.79 Å². The molecule has 0 bridgehead atoms. The molecule has 0 saturated heterocycles. The highest BCUT2D eigenvalue weighted by Crippen LogP contribution is 2.45. The maximum Gasteiger partial charge on any atom is 0.231 e. The normalized spacial score (nSPS) is 13.6. The third kappa shape index (κ3) is 1.24. The zero-order valence-electron chi connectivity index (χ0n) is 9.50. The maximum atomic E-state index is 5.56. The predicted octanol–water partition coefficient (Wildman–Crippen LogP) is 3.75. The first-order valence-electron chi connectivity index (χ1n) is 5.68. The van der Waals surface area contributed by atoms with Crippen LogP contribution in [0, 0.1) is 0 Å². The van der Waals surface area contributed by atoms with Crippen LogP contribution in [0.2, 0.25) is 0 Å². The quantitative estimate of drug-likeness (QED) is 0.787. The highest BCUT2D eigenvalue weighted by molar-refractivity contribution is 7.19. The minimum absolute atomic E-state index is 0.356. The smallest absolute Gasteiger partial charge is 0.231 e. The molecule has 1 aromatic carbocycles. The fourth-order valence-corrected chi connectivity index (χ4v) is 3.62. The van der Waals surface area contributed by atoms with Crippen LogP contribution in [0.25, 0.3) is 10.1 Å². The van der Waals surface area contributed by atoms with Gasteiger partial charge in [-0.15, -0.1) is 11.3 Å². The van der Waals surface area contributed by atoms with Gasteiger partial charge in [0.1, 0.15) is 0 Å². The van der Waals surface area contributed by atoms with Crippen molar-refractivity contribution in [3.8, 4) is 11.5 Å². The Hall–Kier alpha value is -1.22. The lowest BCUT2D eigenvalue weighted by atomic mass is 10.1.